The second-order valence-corrected chi connectivity index (χ2v) is 17.8. The van der Waals surface area contributed by atoms with Crippen molar-refractivity contribution in [3.8, 4) is 44.5 Å². The van der Waals surface area contributed by atoms with Crippen LogP contribution in [0.1, 0.15) is 22.3 Å². The maximum atomic E-state index is 6.62. The summed E-state index contributed by atoms with van der Waals surface area (Å²) in [5, 5.41) is 14.7. The van der Waals surface area contributed by atoms with Gasteiger partial charge in [0.2, 0.25) is 0 Å². The first-order chi connectivity index (χ1) is 31.8. The molecule has 13 aromatic rings. The zero-order valence-electron chi connectivity index (χ0n) is 34.7. The fraction of sp³-hybridized carbons (Fsp3) is 0.0159. The summed E-state index contributed by atoms with van der Waals surface area (Å²) in [5.41, 5.74) is 17.0. The smallest absolute Gasteiger partial charge is 0.143 e. The minimum Gasteiger partial charge on any atom is -0.455 e. The molecule has 1 heterocycles. The summed E-state index contributed by atoms with van der Waals surface area (Å²) >= 11 is 0. The van der Waals surface area contributed by atoms with Gasteiger partial charge in [-0.3, -0.25) is 0 Å². The molecule has 12 aromatic carbocycles. The van der Waals surface area contributed by atoms with Crippen LogP contribution in [0, 0.1) is 0 Å². The Morgan fingerprint density at radius 3 is 1.47 bits per heavy atom. The third kappa shape index (κ3) is 4.24. The molecule has 0 atom stereocenters. The topological polar surface area (TPSA) is 13.1 Å². The zero-order valence-corrected chi connectivity index (χ0v) is 34.7. The van der Waals surface area contributed by atoms with Crippen molar-refractivity contribution in [1.82, 2.24) is 0 Å². The van der Waals surface area contributed by atoms with E-state index >= 15 is 0 Å². The molecule has 0 aliphatic heterocycles. The van der Waals surface area contributed by atoms with Crippen molar-refractivity contribution >= 4 is 75.8 Å². The van der Waals surface area contributed by atoms with Crippen molar-refractivity contribution in [2.75, 3.05) is 0 Å². The van der Waals surface area contributed by atoms with Gasteiger partial charge in [-0.25, -0.2) is 0 Å². The van der Waals surface area contributed by atoms with Crippen LogP contribution in [-0.4, -0.2) is 0 Å². The van der Waals surface area contributed by atoms with Crippen LogP contribution in [0.2, 0.25) is 0 Å². The number of benzene rings is 12. The van der Waals surface area contributed by atoms with Crippen LogP contribution >= 0.6 is 0 Å². The Hall–Kier alpha value is -8.26. The van der Waals surface area contributed by atoms with Gasteiger partial charge in [0.1, 0.15) is 11.2 Å². The van der Waals surface area contributed by atoms with Gasteiger partial charge >= 0.3 is 0 Å². The van der Waals surface area contributed by atoms with Gasteiger partial charge in [-0.1, -0.05) is 194 Å². The molecule has 0 unspecified atom stereocenters. The lowest BCUT2D eigenvalue weighted by molar-refractivity contribution is 0.672. The SMILES string of the molecule is c1ccc2c(c1)-c1ccccc1C21c2cc(-c3c4ccccc4c(-c4ccc5oc6c7ccccc7ccc6c5c4)c4ccccc34)c3ccccc3c2-c2ccc3ccccc3c21. The summed E-state index contributed by atoms with van der Waals surface area (Å²) in [4.78, 5) is 0. The third-order valence-corrected chi connectivity index (χ3v) is 14.8. The van der Waals surface area contributed by atoms with E-state index in [4.69, 9.17) is 4.42 Å². The molecule has 0 bridgehead atoms. The minimum absolute atomic E-state index is 0.517. The van der Waals surface area contributed by atoms with Crippen molar-refractivity contribution in [3.63, 3.8) is 0 Å². The van der Waals surface area contributed by atoms with E-state index < -0.39 is 5.41 Å². The van der Waals surface area contributed by atoms with E-state index in [0.29, 0.717) is 0 Å². The lowest BCUT2D eigenvalue weighted by atomic mass is 9.68. The predicted octanol–water partition coefficient (Wildman–Crippen LogP) is 17.0. The fourth-order valence-corrected chi connectivity index (χ4v) is 12.4. The zero-order chi connectivity index (χ0) is 41.7. The number of rotatable bonds is 2. The third-order valence-electron chi connectivity index (χ3n) is 14.8. The van der Waals surface area contributed by atoms with E-state index in [1.807, 2.05) is 0 Å². The van der Waals surface area contributed by atoms with E-state index in [0.717, 1.165) is 27.3 Å². The monoisotopic (exact) mass is 808 g/mol. The minimum atomic E-state index is -0.517. The van der Waals surface area contributed by atoms with E-state index in [2.05, 4.69) is 218 Å². The summed E-state index contributed by atoms with van der Waals surface area (Å²) in [5.74, 6) is 0. The highest BCUT2D eigenvalue weighted by atomic mass is 16.3. The molecule has 1 heteroatoms. The Balaban J connectivity index is 1.07. The summed E-state index contributed by atoms with van der Waals surface area (Å²) in [6.07, 6.45) is 0. The molecule has 15 rings (SSSR count). The molecule has 1 aromatic heterocycles. The van der Waals surface area contributed by atoms with Gasteiger partial charge in [0.25, 0.3) is 0 Å². The Bertz CT molecular complexity index is 4100. The van der Waals surface area contributed by atoms with Crippen molar-refractivity contribution in [2.45, 2.75) is 5.41 Å². The average molecular weight is 809 g/mol. The van der Waals surface area contributed by atoms with E-state index in [-0.39, 0.29) is 0 Å². The van der Waals surface area contributed by atoms with E-state index in [1.54, 1.807) is 0 Å². The molecule has 0 N–H and O–H groups in total. The highest BCUT2D eigenvalue weighted by Crippen LogP contribution is 2.66. The molecular weight excluding hydrogens is 773 g/mol. The Labute approximate surface area is 369 Å². The highest BCUT2D eigenvalue weighted by molar-refractivity contribution is 6.26. The molecule has 0 fully saturated rings. The van der Waals surface area contributed by atoms with Gasteiger partial charge in [-0.2, -0.15) is 0 Å². The van der Waals surface area contributed by atoms with Gasteiger partial charge in [0, 0.05) is 16.2 Å². The number of hydrogen-bond donors (Lipinski definition) is 0. The van der Waals surface area contributed by atoms with Crippen molar-refractivity contribution in [3.05, 3.63) is 241 Å². The fourth-order valence-electron chi connectivity index (χ4n) is 12.4. The highest BCUT2D eigenvalue weighted by Gasteiger charge is 2.53. The van der Waals surface area contributed by atoms with Gasteiger partial charge in [0.15, 0.2) is 0 Å². The average Bonchev–Trinajstić information content (AvgIpc) is 3.99. The van der Waals surface area contributed by atoms with E-state index in [1.165, 1.54) is 115 Å². The molecule has 0 amide bonds. The van der Waals surface area contributed by atoms with Crippen LogP contribution in [-0.2, 0) is 5.41 Å². The number of furan rings is 1. The Kier molecular flexibility index (Phi) is 6.67. The molecular formula is C63H36O. The van der Waals surface area contributed by atoms with Crippen LogP contribution in [0.3, 0.4) is 0 Å². The lowest BCUT2D eigenvalue weighted by Crippen LogP contribution is -2.26. The number of fused-ring (bicyclic) bond motifs is 21. The molecule has 0 radical (unpaired) electrons. The molecule has 294 valence electrons. The van der Waals surface area contributed by atoms with Crippen LogP contribution < -0.4 is 0 Å². The van der Waals surface area contributed by atoms with Crippen molar-refractivity contribution in [2.24, 2.45) is 0 Å². The molecule has 64 heavy (non-hydrogen) atoms. The molecule has 1 nitrogen and oxygen atoms in total. The summed E-state index contributed by atoms with van der Waals surface area (Å²) in [6, 6.07) is 81.8. The lowest BCUT2D eigenvalue weighted by Gasteiger charge is -2.32. The van der Waals surface area contributed by atoms with E-state index in [9.17, 15) is 0 Å². The molecule has 0 saturated heterocycles. The first kappa shape index (κ1) is 34.3. The van der Waals surface area contributed by atoms with Gasteiger partial charge in [0.05, 0.1) is 5.41 Å². The quantitative estimate of drug-likeness (QED) is 0.159. The number of hydrogen-bond acceptors (Lipinski definition) is 1. The largest absolute Gasteiger partial charge is 0.455 e. The van der Waals surface area contributed by atoms with Crippen molar-refractivity contribution < 1.29 is 4.42 Å². The second kappa shape index (κ2) is 12.4. The van der Waals surface area contributed by atoms with Gasteiger partial charge in [-0.05, 0) is 140 Å². The maximum absolute atomic E-state index is 6.62. The normalized spacial score (nSPS) is 13.4. The molecule has 0 saturated carbocycles. The molecule has 2 aliphatic carbocycles. The standard InChI is InChI=1S/C63H36O/c1-3-17-40-37(15-1)30-33-51-60-45-22-6-5-19-42(45)53(36-56(60)63(61(40)51)54-27-13-11-20-43(54)44-21-12-14-28-55(44)63)59-48-25-9-7-23-46(48)58(47-24-8-10-26-49(47)59)39-31-34-57-52(35-39)50-32-29-38-16-2-4-18-41(38)62(50)64-57/h1-36H. The maximum Gasteiger partial charge on any atom is 0.143 e. The first-order valence-corrected chi connectivity index (χ1v) is 22.3. The van der Waals surface area contributed by atoms with Gasteiger partial charge < -0.3 is 4.42 Å². The van der Waals surface area contributed by atoms with Crippen LogP contribution in [0.15, 0.2) is 223 Å². The summed E-state index contributed by atoms with van der Waals surface area (Å²) in [6.45, 7) is 0. The Morgan fingerprint density at radius 1 is 0.281 bits per heavy atom. The predicted molar refractivity (Wildman–Crippen MR) is 268 cm³/mol. The van der Waals surface area contributed by atoms with Crippen LogP contribution in [0.5, 0.6) is 0 Å². The summed E-state index contributed by atoms with van der Waals surface area (Å²) < 4.78 is 6.62. The Morgan fingerprint density at radius 2 is 0.797 bits per heavy atom. The first-order valence-electron chi connectivity index (χ1n) is 22.3. The van der Waals surface area contributed by atoms with Crippen LogP contribution in [0.25, 0.3) is 120 Å². The summed E-state index contributed by atoms with van der Waals surface area (Å²) in [7, 11) is 0. The second-order valence-electron chi connectivity index (χ2n) is 17.8. The van der Waals surface area contributed by atoms with Gasteiger partial charge in [-0.15, -0.1) is 0 Å². The van der Waals surface area contributed by atoms with Crippen LogP contribution in [0.4, 0.5) is 0 Å². The van der Waals surface area contributed by atoms with Crippen molar-refractivity contribution in [1.29, 1.82) is 0 Å². The molecule has 1 spiro atoms. The molecule has 2 aliphatic rings.